The summed E-state index contributed by atoms with van der Waals surface area (Å²) in [6.07, 6.45) is 0. The Bertz CT molecular complexity index is 391. The number of carbonyl (C=O) groups is 1. The van der Waals surface area contributed by atoms with Crippen LogP contribution < -0.4 is 11.1 Å². The van der Waals surface area contributed by atoms with E-state index in [4.69, 9.17) is 5.73 Å². The fourth-order valence-corrected chi connectivity index (χ4v) is 1.49. The van der Waals surface area contributed by atoms with Crippen molar-refractivity contribution in [3.05, 3.63) is 29.8 Å². The summed E-state index contributed by atoms with van der Waals surface area (Å²) in [5, 5.41) is 12.2. The summed E-state index contributed by atoms with van der Waals surface area (Å²) in [6.45, 7) is 5.67. The number of amides is 1. The van der Waals surface area contributed by atoms with Crippen LogP contribution in [0.25, 0.3) is 0 Å². The predicted octanol–water partition coefficient (Wildman–Crippen LogP) is 1.55. The number of hydrogen-bond donors (Lipinski definition) is 3. The van der Waals surface area contributed by atoms with E-state index in [-0.39, 0.29) is 23.6 Å². The molecule has 1 rings (SSSR count). The third-order valence-corrected chi connectivity index (χ3v) is 2.75. The van der Waals surface area contributed by atoms with Gasteiger partial charge in [0.05, 0.1) is 12.1 Å². The first kappa shape index (κ1) is 13.5. The highest BCUT2D eigenvalue weighted by atomic mass is 16.3. The van der Waals surface area contributed by atoms with Crippen molar-refractivity contribution in [2.75, 3.05) is 0 Å². The van der Waals surface area contributed by atoms with Gasteiger partial charge in [0.25, 0.3) is 0 Å². The molecule has 0 aliphatic rings. The maximum absolute atomic E-state index is 11.8. The average molecular weight is 236 g/mol. The molecule has 0 fully saturated rings. The minimum Gasteiger partial charge on any atom is -0.508 e. The van der Waals surface area contributed by atoms with Crippen molar-refractivity contribution >= 4 is 5.91 Å². The minimum absolute atomic E-state index is 0.103. The SMILES string of the molecule is CC(NC(=O)C(N)C(C)C)c1cccc(O)c1. The molecule has 4 N–H and O–H groups in total. The lowest BCUT2D eigenvalue weighted by atomic mass is 10.0. The van der Waals surface area contributed by atoms with Crippen molar-refractivity contribution in [1.29, 1.82) is 0 Å². The molecule has 0 heterocycles. The maximum atomic E-state index is 11.8. The van der Waals surface area contributed by atoms with Crippen LogP contribution in [-0.4, -0.2) is 17.1 Å². The Balaban J connectivity index is 2.66. The van der Waals surface area contributed by atoms with Crippen LogP contribution in [0.15, 0.2) is 24.3 Å². The molecule has 94 valence electrons. The van der Waals surface area contributed by atoms with Crippen molar-refractivity contribution in [2.45, 2.75) is 32.9 Å². The van der Waals surface area contributed by atoms with Crippen LogP contribution in [0.4, 0.5) is 0 Å². The zero-order valence-electron chi connectivity index (χ0n) is 10.5. The molecule has 0 aliphatic carbocycles. The standard InChI is InChI=1S/C13H20N2O2/c1-8(2)12(14)13(17)15-9(3)10-5-4-6-11(16)7-10/h4-9,12,16H,14H2,1-3H3,(H,15,17). The van der Waals surface area contributed by atoms with Gasteiger partial charge in [-0.05, 0) is 30.5 Å². The van der Waals surface area contributed by atoms with E-state index in [2.05, 4.69) is 5.32 Å². The molecule has 1 aromatic carbocycles. The van der Waals surface area contributed by atoms with E-state index < -0.39 is 6.04 Å². The second kappa shape index (κ2) is 5.68. The monoisotopic (exact) mass is 236 g/mol. The van der Waals surface area contributed by atoms with Crippen molar-refractivity contribution in [2.24, 2.45) is 11.7 Å². The van der Waals surface area contributed by atoms with Gasteiger partial charge >= 0.3 is 0 Å². The number of rotatable bonds is 4. The number of nitrogens with one attached hydrogen (secondary N) is 1. The first-order valence-corrected chi connectivity index (χ1v) is 5.76. The summed E-state index contributed by atoms with van der Waals surface area (Å²) in [5.74, 6) is 0.124. The molecule has 1 aromatic rings. The smallest absolute Gasteiger partial charge is 0.237 e. The van der Waals surface area contributed by atoms with Crippen LogP contribution in [0.1, 0.15) is 32.4 Å². The summed E-state index contributed by atoms with van der Waals surface area (Å²) in [6, 6.07) is 6.15. The molecule has 0 aromatic heterocycles. The highest BCUT2D eigenvalue weighted by Gasteiger charge is 2.19. The van der Waals surface area contributed by atoms with Gasteiger partial charge in [0.15, 0.2) is 0 Å². The Kier molecular flexibility index (Phi) is 4.52. The number of aromatic hydroxyl groups is 1. The largest absolute Gasteiger partial charge is 0.508 e. The molecule has 0 saturated carbocycles. The molecule has 4 heteroatoms. The summed E-state index contributed by atoms with van der Waals surface area (Å²) in [7, 11) is 0. The first-order chi connectivity index (χ1) is 7.91. The Hall–Kier alpha value is -1.55. The van der Waals surface area contributed by atoms with E-state index in [1.54, 1.807) is 18.2 Å². The van der Waals surface area contributed by atoms with Crippen LogP contribution in [-0.2, 0) is 4.79 Å². The van der Waals surface area contributed by atoms with E-state index in [0.717, 1.165) is 5.56 Å². The van der Waals surface area contributed by atoms with E-state index in [1.807, 2.05) is 26.8 Å². The van der Waals surface area contributed by atoms with Crippen LogP contribution >= 0.6 is 0 Å². The van der Waals surface area contributed by atoms with E-state index in [1.165, 1.54) is 0 Å². The van der Waals surface area contributed by atoms with Gasteiger partial charge in [-0.3, -0.25) is 4.79 Å². The Morgan fingerprint density at radius 3 is 2.53 bits per heavy atom. The van der Waals surface area contributed by atoms with Crippen molar-refractivity contribution in [1.82, 2.24) is 5.32 Å². The number of hydrogen-bond acceptors (Lipinski definition) is 3. The summed E-state index contributed by atoms with van der Waals surface area (Å²) in [4.78, 5) is 11.8. The average Bonchev–Trinajstić information content (AvgIpc) is 2.27. The molecule has 2 unspecified atom stereocenters. The maximum Gasteiger partial charge on any atom is 0.237 e. The predicted molar refractivity (Wildman–Crippen MR) is 67.5 cm³/mol. The van der Waals surface area contributed by atoms with Crippen LogP contribution in [0.3, 0.4) is 0 Å². The Morgan fingerprint density at radius 2 is 2.00 bits per heavy atom. The lowest BCUT2D eigenvalue weighted by Crippen LogP contribution is -2.44. The number of phenolic OH excluding ortho intramolecular Hbond substituents is 1. The molecule has 2 atom stereocenters. The lowest BCUT2D eigenvalue weighted by molar-refractivity contribution is -0.123. The molecule has 4 nitrogen and oxygen atoms in total. The molecule has 1 amide bonds. The van der Waals surface area contributed by atoms with Crippen molar-refractivity contribution in [3.8, 4) is 5.75 Å². The molecule has 0 aliphatic heterocycles. The summed E-state index contributed by atoms with van der Waals surface area (Å²) < 4.78 is 0. The summed E-state index contributed by atoms with van der Waals surface area (Å²) in [5.41, 5.74) is 6.61. The van der Waals surface area contributed by atoms with E-state index in [0.29, 0.717) is 0 Å². The van der Waals surface area contributed by atoms with Crippen LogP contribution in [0.2, 0.25) is 0 Å². The van der Waals surface area contributed by atoms with Crippen LogP contribution in [0, 0.1) is 5.92 Å². The van der Waals surface area contributed by atoms with Crippen molar-refractivity contribution in [3.63, 3.8) is 0 Å². The summed E-state index contributed by atoms with van der Waals surface area (Å²) >= 11 is 0. The molecule has 0 saturated heterocycles. The number of phenols is 1. The fourth-order valence-electron chi connectivity index (χ4n) is 1.49. The Morgan fingerprint density at radius 1 is 1.35 bits per heavy atom. The lowest BCUT2D eigenvalue weighted by Gasteiger charge is -2.20. The van der Waals surface area contributed by atoms with Gasteiger partial charge in [-0.1, -0.05) is 26.0 Å². The van der Waals surface area contributed by atoms with Gasteiger partial charge in [0.1, 0.15) is 5.75 Å². The molecular weight excluding hydrogens is 216 g/mol. The third kappa shape index (κ3) is 3.75. The highest BCUT2D eigenvalue weighted by molar-refractivity contribution is 5.82. The minimum atomic E-state index is -0.505. The molecular formula is C13H20N2O2. The normalized spacial score (nSPS) is 14.4. The van der Waals surface area contributed by atoms with E-state index >= 15 is 0 Å². The molecule has 17 heavy (non-hydrogen) atoms. The van der Waals surface area contributed by atoms with Gasteiger partial charge in [-0.15, -0.1) is 0 Å². The molecule has 0 bridgehead atoms. The first-order valence-electron chi connectivity index (χ1n) is 5.76. The Labute approximate surface area is 102 Å². The zero-order chi connectivity index (χ0) is 13.0. The molecule has 0 spiro atoms. The number of carbonyl (C=O) groups excluding carboxylic acids is 1. The second-order valence-electron chi connectivity index (χ2n) is 4.60. The fraction of sp³-hybridized carbons (Fsp3) is 0.462. The van der Waals surface area contributed by atoms with Crippen LogP contribution in [0.5, 0.6) is 5.75 Å². The quantitative estimate of drug-likeness (QED) is 0.742. The molecule has 0 radical (unpaired) electrons. The third-order valence-electron chi connectivity index (χ3n) is 2.75. The topological polar surface area (TPSA) is 75.4 Å². The highest BCUT2D eigenvalue weighted by Crippen LogP contribution is 2.17. The van der Waals surface area contributed by atoms with Gasteiger partial charge in [0.2, 0.25) is 5.91 Å². The second-order valence-corrected chi connectivity index (χ2v) is 4.60. The van der Waals surface area contributed by atoms with Gasteiger partial charge in [0, 0.05) is 0 Å². The number of benzene rings is 1. The van der Waals surface area contributed by atoms with E-state index in [9.17, 15) is 9.90 Å². The number of nitrogens with two attached hydrogens (primary N) is 1. The van der Waals surface area contributed by atoms with Gasteiger partial charge in [-0.25, -0.2) is 0 Å². The van der Waals surface area contributed by atoms with Gasteiger partial charge in [-0.2, -0.15) is 0 Å². The zero-order valence-corrected chi connectivity index (χ0v) is 10.5. The van der Waals surface area contributed by atoms with Gasteiger partial charge < -0.3 is 16.2 Å². The van der Waals surface area contributed by atoms with Crippen molar-refractivity contribution < 1.29 is 9.90 Å².